The van der Waals surface area contributed by atoms with Gasteiger partial charge in [-0.3, -0.25) is 4.79 Å². The Morgan fingerprint density at radius 3 is 2.44 bits per heavy atom. The number of pyridine rings is 1. The van der Waals surface area contributed by atoms with Gasteiger partial charge in [-0.2, -0.15) is 0 Å². The fourth-order valence-electron chi connectivity index (χ4n) is 5.51. The van der Waals surface area contributed by atoms with Gasteiger partial charge in [0.2, 0.25) is 6.79 Å². The first-order valence-electron chi connectivity index (χ1n) is 13.7. The maximum Gasteiger partial charge on any atom is 0.254 e. The molecule has 0 aliphatic carbocycles. The van der Waals surface area contributed by atoms with Crippen molar-refractivity contribution in [3.05, 3.63) is 77.4 Å². The smallest absolute Gasteiger partial charge is 0.254 e. The van der Waals surface area contributed by atoms with Crippen LogP contribution in [0.15, 0.2) is 60.7 Å². The van der Waals surface area contributed by atoms with Crippen molar-refractivity contribution in [2.75, 3.05) is 46.1 Å². The highest BCUT2D eigenvalue weighted by Gasteiger charge is 2.25. The summed E-state index contributed by atoms with van der Waals surface area (Å²) in [5.74, 6) is 4.12. The summed E-state index contributed by atoms with van der Waals surface area (Å²) in [7, 11) is 4.89. The summed E-state index contributed by atoms with van der Waals surface area (Å²) in [6.07, 6.45) is 2.19. The third-order valence-electron chi connectivity index (χ3n) is 7.58. The first kappa shape index (κ1) is 26.6. The molecule has 3 aromatic carbocycles. The lowest BCUT2D eigenvalue weighted by atomic mass is 10.1. The van der Waals surface area contributed by atoms with Crippen molar-refractivity contribution >= 4 is 22.6 Å². The number of benzene rings is 3. The molecule has 6 rings (SSSR count). The van der Waals surface area contributed by atoms with Crippen LogP contribution in [0.25, 0.3) is 10.9 Å². The Bertz CT molecular complexity index is 1580. The van der Waals surface area contributed by atoms with Crippen LogP contribution >= 0.6 is 0 Å². The third-order valence-corrected chi connectivity index (χ3v) is 7.58. The monoisotopic (exact) mass is 555 g/mol. The minimum absolute atomic E-state index is 0.119. The zero-order chi connectivity index (χ0) is 28.3. The van der Waals surface area contributed by atoms with Gasteiger partial charge in [0.1, 0.15) is 28.6 Å². The zero-order valence-electron chi connectivity index (χ0n) is 23.5. The number of hydrogen-bond acceptors (Lipinski definition) is 8. The first-order chi connectivity index (χ1) is 20.1. The van der Waals surface area contributed by atoms with E-state index in [1.165, 1.54) is 0 Å². The summed E-state index contributed by atoms with van der Waals surface area (Å²) < 4.78 is 27.9. The Kier molecular flexibility index (Phi) is 7.41. The van der Waals surface area contributed by atoms with Crippen LogP contribution in [-0.2, 0) is 13.1 Å². The van der Waals surface area contributed by atoms with E-state index in [0.29, 0.717) is 47.4 Å². The van der Waals surface area contributed by atoms with Gasteiger partial charge in [0.15, 0.2) is 11.5 Å². The first-order valence-corrected chi connectivity index (χ1v) is 13.7. The van der Waals surface area contributed by atoms with Crippen LogP contribution in [0.2, 0.25) is 0 Å². The van der Waals surface area contributed by atoms with Crippen molar-refractivity contribution in [2.24, 2.45) is 0 Å². The average molecular weight is 556 g/mol. The highest BCUT2D eigenvalue weighted by atomic mass is 16.7. The van der Waals surface area contributed by atoms with E-state index in [9.17, 15) is 4.79 Å². The highest BCUT2D eigenvalue weighted by molar-refractivity contribution is 5.95. The van der Waals surface area contributed by atoms with E-state index in [-0.39, 0.29) is 12.7 Å². The second kappa shape index (κ2) is 11.4. The lowest BCUT2D eigenvalue weighted by Crippen LogP contribution is -2.31. The lowest BCUT2D eigenvalue weighted by molar-refractivity contribution is 0.0729. The molecule has 2 aliphatic rings. The van der Waals surface area contributed by atoms with Crippen molar-refractivity contribution in [3.8, 4) is 28.7 Å². The predicted octanol–water partition coefficient (Wildman–Crippen LogP) is 5.43. The summed E-state index contributed by atoms with van der Waals surface area (Å²) in [5.41, 5.74) is 3.14. The number of fused-ring (bicyclic) bond motifs is 2. The van der Waals surface area contributed by atoms with Crippen molar-refractivity contribution in [2.45, 2.75) is 25.9 Å². The maximum atomic E-state index is 14.1. The second-order valence-electron chi connectivity index (χ2n) is 10.1. The molecule has 9 nitrogen and oxygen atoms in total. The highest BCUT2D eigenvalue weighted by Crippen LogP contribution is 2.37. The maximum absolute atomic E-state index is 14.1. The van der Waals surface area contributed by atoms with Crippen LogP contribution in [0.3, 0.4) is 0 Å². The largest absolute Gasteiger partial charge is 0.497 e. The topological polar surface area (TPSA) is 82.6 Å². The Labute approximate surface area is 239 Å². The second-order valence-corrected chi connectivity index (χ2v) is 10.1. The number of nitrogens with zero attached hydrogens (tertiary/aromatic N) is 3. The van der Waals surface area contributed by atoms with Gasteiger partial charge in [-0.05, 0) is 66.9 Å². The Morgan fingerprint density at radius 2 is 1.66 bits per heavy atom. The predicted molar refractivity (Wildman–Crippen MR) is 155 cm³/mol. The molecule has 1 aromatic heterocycles. The van der Waals surface area contributed by atoms with Gasteiger partial charge >= 0.3 is 0 Å². The number of anilines is 1. The molecule has 0 unspecified atom stereocenters. The van der Waals surface area contributed by atoms with E-state index in [1.807, 2.05) is 53.4 Å². The quantitative estimate of drug-likeness (QED) is 0.270. The molecule has 0 atom stereocenters. The van der Waals surface area contributed by atoms with Gasteiger partial charge in [0, 0.05) is 42.7 Å². The number of ether oxygens (including phenoxy) is 5. The molecular formula is C32H33N3O6. The summed E-state index contributed by atoms with van der Waals surface area (Å²) in [5, 5.41) is 0.835. The van der Waals surface area contributed by atoms with Gasteiger partial charge in [0.25, 0.3) is 5.91 Å². The van der Waals surface area contributed by atoms with E-state index in [4.69, 9.17) is 28.7 Å². The van der Waals surface area contributed by atoms with E-state index in [1.54, 1.807) is 27.4 Å². The van der Waals surface area contributed by atoms with E-state index >= 15 is 0 Å². The number of carbonyl (C=O) groups is 1. The Hall–Kier alpha value is -4.66. The van der Waals surface area contributed by atoms with Gasteiger partial charge in [-0.15, -0.1) is 0 Å². The van der Waals surface area contributed by atoms with Crippen LogP contribution in [0.1, 0.15) is 34.3 Å². The fourth-order valence-corrected chi connectivity index (χ4v) is 5.51. The van der Waals surface area contributed by atoms with Crippen molar-refractivity contribution in [1.29, 1.82) is 0 Å². The van der Waals surface area contributed by atoms with Gasteiger partial charge in [0.05, 0.1) is 21.3 Å². The molecule has 0 saturated carbocycles. The molecule has 41 heavy (non-hydrogen) atoms. The number of carbonyl (C=O) groups excluding carboxylic acids is 1. The Balaban J connectivity index is 1.45. The molecule has 0 spiro atoms. The number of aromatic nitrogens is 1. The molecule has 212 valence electrons. The van der Waals surface area contributed by atoms with Crippen LogP contribution in [0.4, 0.5) is 5.82 Å². The van der Waals surface area contributed by atoms with Crippen LogP contribution in [0.5, 0.6) is 28.7 Å². The molecule has 1 saturated heterocycles. The minimum atomic E-state index is -0.119. The molecule has 0 bridgehead atoms. The van der Waals surface area contributed by atoms with Gasteiger partial charge < -0.3 is 33.5 Å². The zero-order valence-corrected chi connectivity index (χ0v) is 23.5. The van der Waals surface area contributed by atoms with Crippen molar-refractivity contribution < 1.29 is 28.5 Å². The number of rotatable bonds is 9. The molecule has 0 radical (unpaired) electrons. The SMILES string of the molecule is COc1cccc(C(=O)N(Cc2ccc3c(c2)OCO3)Cc2cc3c(OC)ccc(OC)c3nc2N2CCCC2)c1. The molecule has 9 heteroatoms. The number of methoxy groups -OCH3 is 3. The Morgan fingerprint density at radius 1 is 0.878 bits per heavy atom. The van der Waals surface area contributed by atoms with Crippen molar-refractivity contribution in [1.82, 2.24) is 9.88 Å². The van der Waals surface area contributed by atoms with Gasteiger partial charge in [-0.25, -0.2) is 4.98 Å². The van der Waals surface area contributed by atoms with Gasteiger partial charge in [-0.1, -0.05) is 12.1 Å². The molecule has 3 heterocycles. The molecule has 1 fully saturated rings. The summed E-state index contributed by atoms with van der Waals surface area (Å²) in [6.45, 7) is 2.70. The third kappa shape index (κ3) is 5.27. The van der Waals surface area contributed by atoms with Crippen LogP contribution in [0, 0.1) is 0 Å². The number of hydrogen-bond donors (Lipinski definition) is 0. The van der Waals surface area contributed by atoms with Crippen LogP contribution in [-0.4, -0.2) is 57.0 Å². The fraction of sp³-hybridized carbons (Fsp3) is 0.312. The van der Waals surface area contributed by atoms with E-state index < -0.39 is 0 Å². The summed E-state index contributed by atoms with van der Waals surface area (Å²) in [4.78, 5) is 23.4. The normalized spacial score (nSPS) is 13.9. The standard InChI is InChI=1S/C32H33N3O6/c1-37-24-8-6-7-22(16-24)32(36)35(18-21-9-10-27-29(15-21)41-20-40-27)19-23-17-25-26(38-2)11-12-28(39-3)30(25)33-31(23)34-13-4-5-14-34/h6-12,15-17H,4-5,13-14,18-20H2,1-3H3. The molecular weight excluding hydrogens is 522 g/mol. The van der Waals surface area contributed by atoms with Crippen molar-refractivity contribution in [3.63, 3.8) is 0 Å². The van der Waals surface area contributed by atoms with Crippen LogP contribution < -0.4 is 28.6 Å². The summed E-state index contributed by atoms with van der Waals surface area (Å²) in [6, 6.07) is 18.9. The lowest BCUT2D eigenvalue weighted by Gasteiger charge is -2.27. The number of amides is 1. The molecule has 0 N–H and O–H groups in total. The average Bonchev–Trinajstić information content (AvgIpc) is 3.72. The summed E-state index contributed by atoms with van der Waals surface area (Å²) >= 11 is 0. The molecule has 4 aromatic rings. The minimum Gasteiger partial charge on any atom is -0.497 e. The molecule has 2 aliphatic heterocycles. The van der Waals surface area contributed by atoms with E-state index in [2.05, 4.69) is 11.0 Å². The molecule has 1 amide bonds. The van der Waals surface area contributed by atoms with E-state index in [0.717, 1.165) is 53.8 Å².